The number of aromatic nitrogens is 1. The van der Waals surface area contributed by atoms with Crippen molar-refractivity contribution in [3.63, 3.8) is 0 Å². The molecule has 0 aliphatic carbocycles. The summed E-state index contributed by atoms with van der Waals surface area (Å²) in [5.74, 6) is 0.896. The molecule has 1 fully saturated rings. The minimum atomic E-state index is 0.134. The summed E-state index contributed by atoms with van der Waals surface area (Å²) in [6.07, 6.45) is 17.5. The maximum Gasteiger partial charge on any atom is 0.254 e. The molecule has 1 aliphatic rings. The van der Waals surface area contributed by atoms with Crippen molar-refractivity contribution in [2.24, 2.45) is 5.92 Å². The van der Waals surface area contributed by atoms with Crippen molar-refractivity contribution in [1.29, 1.82) is 0 Å². The van der Waals surface area contributed by atoms with Crippen LogP contribution in [-0.4, -0.2) is 46.4 Å². The fourth-order valence-corrected chi connectivity index (χ4v) is 4.99. The molecule has 0 bridgehead atoms. The summed E-state index contributed by atoms with van der Waals surface area (Å²) < 4.78 is 0. The van der Waals surface area contributed by atoms with Gasteiger partial charge < -0.3 is 9.80 Å². The average Bonchev–Trinajstić information content (AvgIpc) is 3.03. The van der Waals surface area contributed by atoms with Gasteiger partial charge >= 0.3 is 0 Å². The first-order valence-corrected chi connectivity index (χ1v) is 15.8. The summed E-state index contributed by atoms with van der Waals surface area (Å²) in [5, 5.41) is 0. The lowest BCUT2D eigenvalue weighted by atomic mass is 9.99. The molecular formula is C38H55N3O. The van der Waals surface area contributed by atoms with E-state index in [0.29, 0.717) is 6.54 Å². The molecular weight excluding hydrogens is 514 g/mol. The van der Waals surface area contributed by atoms with Crippen molar-refractivity contribution in [2.75, 3.05) is 19.6 Å². The van der Waals surface area contributed by atoms with Crippen molar-refractivity contribution in [3.8, 4) is 24.0 Å². The lowest BCUT2D eigenvalue weighted by molar-refractivity contribution is 0.0547. The van der Waals surface area contributed by atoms with Crippen LogP contribution in [0.4, 0.5) is 0 Å². The fourth-order valence-electron chi connectivity index (χ4n) is 4.99. The number of rotatable bonds is 9. The maximum atomic E-state index is 13.7. The molecule has 0 radical (unpaired) electrons. The first kappa shape index (κ1) is 36.6. The summed E-state index contributed by atoms with van der Waals surface area (Å²) in [6.45, 7) is 18.8. The zero-order valence-electron chi connectivity index (χ0n) is 27.4. The Hall–Kier alpha value is -3.42. The van der Waals surface area contributed by atoms with E-state index in [1.54, 1.807) is 6.20 Å². The van der Waals surface area contributed by atoms with Gasteiger partial charge in [-0.05, 0) is 86.0 Å². The van der Waals surface area contributed by atoms with Crippen LogP contribution in [0.1, 0.15) is 95.1 Å². The molecule has 4 heteroatoms. The topological polar surface area (TPSA) is 36.4 Å². The number of pyridine rings is 1. The van der Waals surface area contributed by atoms with Crippen LogP contribution >= 0.6 is 0 Å². The van der Waals surface area contributed by atoms with Gasteiger partial charge in [-0.2, -0.15) is 0 Å². The second-order valence-corrected chi connectivity index (χ2v) is 11.1. The standard InChI is InChI=1S/C31H39N3O.C3H8.C2H6.C2H2/c1-24(2)7-6-18-33-19-15-30(16-20-33)34(31(35)27-13-11-25(3)12-14-27)23-26-8-4-9-28(21-26)29-10-5-17-32-22-29;1-3-2;2*1-2/h4-5,8-14,17,21-22,24,30H,6-7,15-16,18-20,23H2,1-3H3;3H2,1-2H3;1-2H3;1-2H. The van der Waals surface area contributed by atoms with Gasteiger partial charge in [-0.3, -0.25) is 9.78 Å². The minimum Gasteiger partial charge on any atom is -0.331 e. The third-order valence-electron chi connectivity index (χ3n) is 7.09. The maximum absolute atomic E-state index is 13.7. The molecule has 2 aromatic carbocycles. The monoisotopic (exact) mass is 569 g/mol. The van der Waals surface area contributed by atoms with Crippen LogP contribution in [-0.2, 0) is 6.54 Å². The van der Waals surface area contributed by atoms with Gasteiger partial charge in [0.1, 0.15) is 0 Å². The number of carbonyl (C=O) groups excluding carboxylic acids is 1. The van der Waals surface area contributed by atoms with Gasteiger partial charge in [0.05, 0.1) is 0 Å². The second-order valence-electron chi connectivity index (χ2n) is 11.1. The van der Waals surface area contributed by atoms with E-state index in [2.05, 4.69) is 92.6 Å². The first-order valence-electron chi connectivity index (χ1n) is 15.8. The summed E-state index contributed by atoms with van der Waals surface area (Å²) >= 11 is 0. The number of carbonyl (C=O) groups is 1. The molecule has 2 heterocycles. The van der Waals surface area contributed by atoms with Crippen LogP contribution in [0, 0.1) is 25.7 Å². The lowest BCUT2D eigenvalue weighted by Crippen LogP contribution is -2.47. The highest BCUT2D eigenvalue weighted by molar-refractivity contribution is 5.94. The van der Waals surface area contributed by atoms with Crippen molar-refractivity contribution >= 4 is 5.91 Å². The summed E-state index contributed by atoms with van der Waals surface area (Å²) in [5.41, 5.74) is 5.34. The molecule has 0 N–H and O–H groups in total. The van der Waals surface area contributed by atoms with E-state index in [1.807, 2.05) is 50.4 Å². The molecule has 0 saturated carbocycles. The predicted octanol–water partition coefficient (Wildman–Crippen LogP) is 9.29. The van der Waals surface area contributed by atoms with Gasteiger partial charge in [-0.1, -0.05) is 89.9 Å². The Labute approximate surface area is 257 Å². The molecule has 4 rings (SSSR count). The van der Waals surface area contributed by atoms with Crippen molar-refractivity contribution < 1.29 is 4.79 Å². The number of benzene rings is 2. The molecule has 0 atom stereocenters. The molecule has 1 aliphatic heterocycles. The van der Waals surface area contributed by atoms with E-state index in [-0.39, 0.29) is 11.9 Å². The van der Waals surface area contributed by atoms with Gasteiger partial charge in [0.15, 0.2) is 0 Å². The zero-order valence-corrected chi connectivity index (χ0v) is 27.4. The number of likely N-dealkylation sites (tertiary alicyclic amines) is 1. The average molecular weight is 570 g/mol. The van der Waals surface area contributed by atoms with E-state index in [1.165, 1.54) is 31.4 Å². The van der Waals surface area contributed by atoms with E-state index in [4.69, 9.17) is 0 Å². The van der Waals surface area contributed by atoms with E-state index >= 15 is 0 Å². The Bertz CT molecular complexity index is 1130. The number of aryl methyl sites for hydroxylation is 1. The minimum absolute atomic E-state index is 0.134. The first-order chi connectivity index (χ1) is 20.4. The van der Waals surface area contributed by atoms with Crippen molar-refractivity contribution in [2.45, 2.75) is 93.2 Å². The number of hydrogen-bond acceptors (Lipinski definition) is 3. The second kappa shape index (κ2) is 21.3. The third-order valence-corrected chi connectivity index (χ3v) is 7.09. The van der Waals surface area contributed by atoms with Crippen LogP contribution in [0.25, 0.3) is 11.1 Å². The van der Waals surface area contributed by atoms with Crippen LogP contribution in [0.3, 0.4) is 0 Å². The van der Waals surface area contributed by atoms with Crippen molar-refractivity contribution in [1.82, 2.24) is 14.8 Å². The van der Waals surface area contributed by atoms with Gasteiger partial charge in [0.25, 0.3) is 5.91 Å². The number of hydrogen-bond donors (Lipinski definition) is 0. The fraction of sp³-hybridized carbons (Fsp3) is 0.474. The molecule has 1 amide bonds. The molecule has 42 heavy (non-hydrogen) atoms. The lowest BCUT2D eigenvalue weighted by Gasteiger charge is -2.39. The van der Waals surface area contributed by atoms with E-state index < -0.39 is 0 Å². The highest BCUT2D eigenvalue weighted by Gasteiger charge is 2.28. The van der Waals surface area contributed by atoms with Gasteiger partial charge in [-0.25, -0.2) is 0 Å². The Kier molecular flexibility index (Phi) is 18.6. The number of piperidine rings is 1. The normalized spacial score (nSPS) is 13.0. The third kappa shape index (κ3) is 12.6. The van der Waals surface area contributed by atoms with Crippen LogP contribution in [0.15, 0.2) is 73.1 Å². The SMILES string of the molecule is C#C.CC.CCC.Cc1ccc(C(=O)N(Cc2cccc(-c3cccnc3)c2)C2CCN(CCCC(C)C)CC2)cc1. The predicted molar refractivity (Wildman–Crippen MR) is 181 cm³/mol. The van der Waals surface area contributed by atoms with Gasteiger partial charge in [-0.15, -0.1) is 12.8 Å². The van der Waals surface area contributed by atoms with E-state index in [0.717, 1.165) is 54.1 Å². The molecule has 228 valence electrons. The summed E-state index contributed by atoms with van der Waals surface area (Å²) in [7, 11) is 0. The highest BCUT2D eigenvalue weighted by Crippen LogP contribution is 2.25. The quantitative estimate of drug-likeness (QED) is 0.241. The van der Waals surface area contributed by atoms with Gasteiger partial charge in [0, 0.05) is 43.6 Å². The summed E-state index contributed by atoms with van der Waals surface area (Å²) in [6, 6.07) is 20.8. The molecule has 4 nitrogen and oxygen atoms in total. The Morgan fingerprint density at radius 2 is 1.60 bits per heavy atom. The molecule has 1 saturated heterocycles. The largest absolute Gasteiger partial charge is 0.331 e. The van der Waals surface area contributed by atoms with Crippen LogP contribution < -0.4 is 0 Å². The Morgan fingerprint density at radius 3 is 2.17 bits per heavy atom. The molecule has 1 aromatic heterocycles. The van der Waals surface area contributed by atoms with Crippen LogP contribution in [0.2, 0.25) is 0 Å². The van der Waals surface area contributed by atoms with E-state index in [9.17, 15) is 4.79 Å². The number of nitrogens with zero attached hydrogens (tertiary/aromatic N) is 3. The molecule has 0 spiro atoms. The highest BCUT2D eigenvalue weighted by atomic mass is 16.2. The number of amides is 1. The number of terminal acetylenes is 1. The Morgan fingerprint density at radius 1 is 0.976 bits per heavy atom. The Balaban J connectivity index is 0.00000116. The summed E-state index contributed by atoms with van der Waals surface area (Å²) in [4.78, 5) is 22.7. The molecule has 0 unspecified atom stereocenters. The zero-order chi connectivity index (χ0) is 31.3. The molecule has 3 aromatic rings. The van der Waals surface area contributed by atoms with Crippen molar-refractivity contribution in [3.05, 3.63) is 89.7 Å². The van der Waals surface area contributed by atoms with Gasteiger partial charge in [0.2, 0.25) is 0 Å². The van der Waals surface area contributed by atoms with Crippen LogP contribution in [0.5, 0.6) is 0 Å². The smallest absolute Gasteiger partial charge is 0.254 e.